The maximum Gasteiger partial charge on any atom is 0.347 e. The van der Waals surface area contributed by atoms with Crippen LogP contribution in [0.15, 0.2) is 208 Å². The molecule has 0 aliphatic heterocycles. The van der Waals surface area contributed by atoms with E-state index in [4.69, 9.17) is 43.0 Å². The van der Waals surface area contributed by atoms with E-state index in [0.29, 0.717) is 65.7 Å². The van der Waals surface area contributed by atoms with Crippen LogP contribution in [0.2, 0.25) is 0 Å². The lowest BCUT2D eigenvalue weighted by Gasteiger charge is -2.20. The molecule has 4 N–H and O–H groups in total. The van der Waals surface area contributed by atoms with Crippen molar-refractivity contribution in [2.24, 2.45) is 11.8 Å². The number of esters is 4. The molecular weight excluding hydrogens is 1100 g/mol. The number of carbonyl (C=O) groups is 4. The zero-order valence-corrected chi connectivity index (χ0v) is 49.8. The highest BCUT2D eigenvalue weighted by atomic mass is 16.6. The number of hydrogen-bond donors (Lipinski definition) is 4. The van der Waals surface area contributed by atoms with Crippen LogP contribution in [0, 0.1) is 11.8 Å². The van der Waals surface area contributed by atoms with Gasteiger partial charge in [-0.25, -0.2) is 19.2 Å². The molecule has 4 atom stereocenters. The molecule has 16 heteroatoms. The predicted molar refractivity (Wildman–Crippen MR) is 331 cm³/mol. The van der Waals surface area contributed by atoms with Gasteiger partial charge in [0, 0.05) is 24.0 Å². The van der Waals surface area contributed by atoms with Gasteiger partial charge in [-0.3, -0.25) is 0 Å². The fourth-order valence-electron chi connectivity index (χ4n) is 7.75. The molecule has 0 unspecified atom stereocenters. The van der Waals surface area contributed by atoms with Crippen LogP contribution in [-0.2, 0) is 77.4 Å². The number of hydrogen-bond acceptors (Lipinski definition) is 16. The van der Waals surface area contributed by atoms with Gasteiger partial charge in [-0.15, -0.1) is 0 Å². The maximum atomic E-state index is 12.3. The molecule has 6 aromatic carbocycles. The molecule has 0 amide bonds. The summed E-state index contributed by atoms with van der Waals surface area (Å²) in [5.41, 5.74) is 4.69. The lowest BCUT2D eigenvalue weighted by Crippen LogP contribution is -2.32. The normalized spacial score (nSPS) is 11.7. The molecule has 0 heterocycles. The Morgan fingerprint density at radius 2 is 0.674 bits per heavy atom. The molecule has 0 aromatic heterocycles. The SMILES string of the molecule is C=CCOC(=O)[C@@H](CC(C)C)Oc1cccc(CO)c1.C=CCOC(=O)[C@@H](CC(C)C)Oc1ccccc1CO.C=CCOC(=O)[C@@H](Cc1ccccc1)Oc1cccc(CO)c1.C=CCOC(=O)[C@@H](Cc1ccccc1)Oc1ccccc1CO. The second-order valence-electron chi connectivity index (χ2n) is 19.9. The number of rotatable bonds is 32. The third kappa shape index (κ3) is 28.2. The van der Waals surface area contributed by atoms with E-state index in [2.05, 4.69) is 26.3 Å². The van der Waals surface area contributed by atoms with Crippen molar-refractivity contribution in [2.75, 3.05) is 26.4 Å². The molecule has 0 radical (unpaired) electrons. The van der Waals surface area contributed by atoms with E-state index < -0.39 is 48.3 Å². The Morgan fingerprint density at radius 1 is 0.372 bits per heavy atom. The summed E-state index contributed by atoms with van der Waals surface area (Å²) in [6.45, 7) is 22.3. The smallest absolute Gasteiger partial charge is 0.347 e. The quantitative estimate of drug-likeness (QED) is 0.0175. The lowest BCUT2D eigenvalue weighted by atomic mass is 10.1. The highest BCUT2D eigenvalue weighted by Crippen LogP contribution is 2.25. The van der Waals surface area contributed by atoms with Gasteiger partial charge in [-0.2, -0.15) is 0 Å². The fraction of sp³-hybridized carbons (Fsp3) is 0.314. The van der Waals surface area contributed by atoms with Crippen LogP contribution in [0.5, 0.6) is 23.0 Å². The first-order valence-corrected chi connectivity index (χ1v) is 28.2. The highest BCUT2D eigenvalue weighted by Gasteiger charge is 2.27. The van der Waals surface area contributed by atoms with Crippen molar-refractivity contribution < 1.29 is 77.5 Å². The Kier molecular flexibility index (Phi) is 35.0. The Morgan fingerprint density at radius 3 is 1.02 bits per heavy atom. The van der Waals surface area contributed by atoms with E-state index in [0.717, 1.165) is 22.3 Å². The minimum absolute atomic E-state index is 0.0625. The Bertz CT molecular complexity index is 2940. The molecule has 0 saturated carbocycles. The summed E-state index contributed by atoms with van der Waals surface area (Å²) in [6.07, 6.45) is 5.11. The fourth-order valence-corrected chi connectivity index (χ4v) is 7.75. The summed E-state index contributed by atoms with van der Waals surface area (Å²) in [4.78, 5) is 48.4. The van der Waals surface area contributed by atoms with Crippen molar-refractivity contribution >= 4 is 23.9 Å². The van der Waals surface area contributed by atoms with Crippen LogP contribution in [-0.4, -0.2) is 95.1 Å². The minimum Gasteiger partial charge on any atom is -0.479 e. The number of ether oxygens (including phenoxy) is 8. The average molecular weight is 1180 g/mol. The maximum absolute atomic E-state index is 12.3. The number of aliphatic hydroxyl groups excluding tert-OH is 4. The van der Waals surface area contributed by atoms with Crippen LogP contribution in [0.3, 0.4) is 0 Å². The topological polar surface area (TPSA) is 223 Å². The van der Waals surface area contributed by atoms with Gasteiger partial charge in [0.05, 0.1) is 26.4 Å². The zero-order valence-electron chi connectivity index (χ0n) is 49.8. The molecule has 0 aliphatic rings. The largest absolute Gasteiger partial charge is 0.479 e. The molecule has 0 bridgehead atoms. The number of para-hydroxylation sites is 2. The minimum atomic E-state index is -0.787. The zero-order chi connectivity index (χ0) is 62.9. The second-order valence-corrected chi connectivity index (χ2v) is 19.9. The Labute approximate surface area is 506 Å². The summed E-state index contributed by atoms with van der Waals surface area (Å²) in [7, 11) is 0. The van der Waals surface area contributed by atoms with Gasteiger partial charge >= 0.3 is 23.9 Å². The van der Waals surface area contributed by atoms with E-state index in [1.807, 2.05) is 94.4 Å². The van der Waals surface area contributed by atoms with Crippen molar-refractivity contribution in [3.8, 4) is 23.0 Å². The number of carbonyl (C=O) groups excluding carboxylic acids is 4. The molecule has 86 heavy (non-hydrogen) atoms. The van der Waals surface area contributed by atoms with Crippen molar-refractivity contribution in [1.82, 2.24) is 0 Å². The first kappa shape index (κ1) is 71.5. The Balaban J connectivity index is 0.000000301. The first-order valence-electron chi connectivity index (χ1n) is 28.2. The predicted octanol–water partition coefficient (Wildman–Crippen LogP) is 11.2. The third-order valence-corrected chi connectivity index (χ3v) is 11.9. The van der Waals surface area contributed by atoms with Gasteiger partial charge in [-0.1, -0.05) is 200 Å². The summed E-state index contributed by atoms with van der Waals surface area (Å²) in [5.74, 6) is 0.951. The lowest BCUT2D eigenvalue weighted by molar-refractivity contribution is -0.152. The van der Waals surface area contributed by atoms with Crippen molar-refractivity contribution in [3.63, 3.8) is 0 Å². The molecule has 6 rings (SSSR count). The van der Waals surface area contributed by atoms with Gasteiger partial charge in [-0.05, 0) is 83.3 Å². The van der Waals surface area contributed by atoms with E-state index in [1.54, 1.807) is 91.0 Å². The number of aliphatic hydroxyl groups is 4. The summed E-state index contributed by atoms with van der Waals surface area (Å²) >= 11 is 0. The molecule has 6 aromatic rings. The standard InChI is InChI=1S/2C19H20O4.2C16H22O4/c1-2-12-22-19(21)18(13-15-8-4-3-5-9-15)23-17-11-7-6-10-16(17)14-20;1-2-11-22-19(21)18(13-15-7-4-3-5-8-15)23-17-10-6-9-16(12-17)14-20;1-4-9-19-16(18)15(10-12(2)3)20-14-8-6-5-7-13(14)11-17;1-4-8-19-16(18)15(9-12(2)3)20-14-7-5-6-13(10-14)11-17/h2-11,18,20H,1,12-14H2;2-10,12,18,20H,1,11,13-14H2;4-8,12,15,17H,1,9-11H2,2-3H3;4-7,10,12,15,17H,1,8-9,11H2,2-3H3/t2*18-;2*15-/m1111/s1. The molecule has 0 fully saturated rings. The van der Waals surface area contributed by atoms with E-state index in [9.17, 15) is 34.5 Å². The van der Waals surface area contributed by atoms with Gasteiger partial charge < -0.3 is 58.3 Å². The first-order chi connectivity index (χ1) is 41.6. The number of benzene rings is 6. The highest BCUT2D eigenvalue weighted by molar-refractivity contribution is 5.77. The van der Waals surface area contributed by atoms with Crippen LogP contribution in [0.4, 0.5) is 0 Å². The van der Waals surface area contributed by atoms with Gasteiger partial charge in [0.15, 0.2) is 24.4 Å². The third-order valence-electron chi connectivity index (χ3n) is 11.9. The van der Waals surface area contributed by atoms with Gasteiger partial charge in [0.25, 0.3) is 0 Å². The molecule has 460 valence electrons. The average Bonchev–Trinajstić information content (AvgIpc) is 3.72. The van der Waals surface area contributed by atoms with Crippen LogP contribution < -0.4 is 18.9 Å². The molecule has 0 aliphatic carbocycles. The van der Waals surface area contributed by atoms with E-state index >= 15 is 0 Å². The van der Waals surface area contributed by atoms with Crippen molar-refractivity contribution in [3.05, 3.63) is 242 Å². The summed E-state index contributed by atoms with van der Waals surface area (Å²) < 4.78 is 43.4. The summed E-state index contributed by atoms with van der Waals surface area (Å²) in [5, 5.41) is 37.0. The molecule has 0 spiro atoms. The van der Waals surface area contributed by atoms with Crippen molar-refractivity contribution in [1.29, 1.82) is 0 Å². The second kappa shape index (κ2) is 42.1. The molecule has 0 saturated heterocycles. The Hall–Kier alpha value is -8.80. The van der Waals surface area contributed by atoms with Gasteiger partial charge in [0.2, 0.25) is 0 Å². The van der Waals surface area contributed by atoms with E-state index in [-0.39, 0.29) is 58.8 Å². The van der Waals surface area contributed by atoms with Crippen molar-refractivity contribution in [2.45, 2.75) is 104 Å². The van der Waals surface area contributed by atoms with Crippen LogP contribution in [0.1, 0.15) is 73.9 Å². The van der Waals surface area contributed by atoms with Gasteiger partial charge in [0.1, 0.15) is 49.4 Å². The van der Waals surface area contributed by atoms with Crippen LogP contribution in [0.25, 0.3) is 0 Å². The monoisotopic (exact) mass is 1180 g/mol. The summed E-state index contributed by atoms with van der Waals surface area (Å²) in [6, 6.07) is 47.4. The van der Waals surface area contributed by atoms with Crippen LogP contribution >= 0.6 is 0 Å². The molecule has 16 nitrogen and oxygen atoms in total. The molecular formula is C70H84O16. The van der Waals surface area contributed by atoms with E-state index in [1.165, 1.54) is 24.3 Å².